The van der Waals surface area contributed by atoms with Gasteiger partial charge in [0.2, 0.25) is 0 Å². The summed E-state index contributed by atoms with van der Waals surface area (Å²) in [7, 11) is 2.63. The van der Waals surface area contributed by atoms with E-state index in [0.29, 0.717) is 0 Å². The van der Waals surface area contributed by atoms with Crippen LogP contribution in [0.1, 0.15) is 13.8 Å². The minimum atomic E-state index is -0.664. The van der Waals surface area contributed by atoms with Gasteiger partial charge in [0.15, 0.2) is 11.5 Å². The number of carbonyl (C=O) groups is 2. The number of methoxy groups -OCH3 is 1. The van der Waals surface area contributed by atoms with Crippen LogP contribution in [-0.4, -0.2) is 31.6 Å². The van der Waals surface area contributed by atoms with Gasteiger partial charge in [-0.1, -0.05) is 13.8 Å². The van der Waals surface area contributed by atoms with E-state index in [-0.39, 0.29) is 23.0 Å². The van der Waals surface area contributed by atoms with Gasteiger partial charge in [-0.15, -0.1) is 0 Å². The Labute approximate surface area is 89.0 Å². The molecule has 0 aliphatic heterocycles. The Morgan fingerprint density at radius 2 is 1.93 bits per heavy atom. The van der Waals surface area contributed by atoms with Crippen LogP contribution in [0, 0.1) is 5.92 Å². The number of Topliss-reactive ketones (excluding diaryl/α,β-unsaturated/α-hetero) is 1. The van der Waals surface area contributed by atoms with Gasteiger partial charge in [-0.2, -0.15) is 0 Å². The molecule has 0 spiro atoms. The molecule has 0 saturated carbocycles. The topological polar surface area (TPSA) is 81.8 Å². The van der Waals surface area contributed by atoms with Gasteiger partial charge >= 0.3 is 5.97 Å². The van der Waals surface area contributed by atoms with Crippen LogP contribution < -0.4 is 5.73 Å². The fourth-order valence-corrected chi connectivity index (χ4v) is 1.01. The maximum absolute atomic E-state index is 11.7. The van der Waals surface area contributed by atoms with Crippen LogP contribution >= 0.6 is 0 Å². The minimum absolute atomic E-state index is 0.0429. The van der Waals surface area contributed by atoms with Crippen molar-refractivity contribution in [2.75, 3.05) is 14.2 Å². The Bertz CT molecular complexity index is 317. The van der Waals surface area contributed by atoms with Crippen LogP contribution in [-0.2, 0) is 14.3 Å². The minimum Gasteiger partial charge on any atom is -0.464 e. The Morgan fingerprint density at radius 1 is 1.40 bits per heavy atom. The summed E-state index contributed by atoms with van der Waals surface area (Å²) < 4.78 is 4.50. The van der Waals surface area contributed by atoms with Gasteiger partial charge in [-0.05, 0) is 0 Å². The van der Waals surface area contributed by atoms with Crippen LogP contribution in [0.15, 0.2) is 16.8 Å². The van der Waals surface area contributed by atoms with Gasteiger partial charge in [0.1, 0.15) is 0 Å². The Morgan fingerprint density at radius 3 is 2.20 bits per heavy atom. The molecule has 0 bridgehead atoms. The van der Waals surface area contributed by atoms with Crippen molar-refractivity contribution in [1.29, 1.82) is 0 Å². The second kappa shape index (κ2) is 5.95. The molecule has 0 aromatic rings. The van der Waals surface area contributed by atoms with Crippen molar-refractivity contribution < 1.29 is 14.3 Å². The molecular formula is C10H16N2O3. The maximum atomic E-state index is 11.7. The maximum Gasteiger partial charge on any atom is 0.357 e. The third kappa shape index (κ3) is 3.19. The first-order valence-corrected chi connectivity index (χ1v) is 4.51. The number of carbonyl (C=O) groups excluding carboxylic acids is 2. The lowest BCUT2D eigenvalue weighted by atomic mass is 9.98. The summed E-state index contributed by atoms with van der Waals surface area (Å²) in [4.78, 5) is 26.6. The standard InChI is InChI=1S/C10H16N2O3/c1-6(2)9(13)7(5-11)8(12-3)10(14)15-4/h5-6H,11H2,1-4H3/b7-5+,12-8?. The predicted molar refractivity (Wildman–Crippen MR) is 57.5 cm³/mol. The number of hydrogen-bond acceptors (Lipinski definition) is 5. The van der Waals surface area contributed by atoms with Crippen LogP contribution in [0.25, 0.3) is 0 Å². The highest BCUT2D eigenvalue weighted by molar-refractivity contribution is 6.49. The van der Waals surface area contributed by atoms with Crippen molar-refractivity contribution in [3.8, 4) is 0 Å². The zero-order valence-electron chi connectivity index (χ0n) is 9.40. The molecular weight excluding hydrogens is 196 g/mol. The average molecular weight is 212 g/mol. The van der Waals surface area contributed by atoms with Gasteiger partial charge in [0.25, 0.3) is 0 Å². The average Bonchev–Trinajstić information content (AvgIpc) is 2.23. The number of rotatable bonds is 4. The van der Waals surface area contributed by atoms with Crippen LogP contribution in [0.3, 0.4) is 0 Å². The molecule has 0 aliphatic rings. The van der Waals surface area contributed by atoms with Crippen LogP contribution in [0.5, 0.6) is 0 Å². The first-order valence-electron chi connectivity index (χ1n) is 4.51. The lowest BCUT2D eigenvalue weighted by Crippen LogP contribution is -2.26. The van der Waals surface area contributed by atoms with Crippen molar-refractivity contribution >= 4 is 17.5 Å². The van der Waals surface area contributed by atoms with Crippen molar-refractivity contribution in [1.82, 2.24) is 0 Å². The Hall–Kier alpha value is -1.65. The molecule has 0 amide bonds. The number of hydrogen-bond donors (Lipinski definition) is 1. The van der Waals surface area contributed by atoms with E-state index < -0.39 is 5.97 Å². The lowest BCUT2D eigenvalue weighted by molar-refractivity contribution is -0.133. The summed E-state index contributed by atoms with van der Waals surface area (Å²) in [5.41, 5.74) is 5.36. The van der Waals surface area contributed by atoms with E-state index in [1.807, 2.05) is 0 Å². The highest BCUT2D eigenvalue weighted by atomic mass is 16.5. The summed E-state index contributed by atoms with van der Waals surface area (Å²) in [6.07, 6.45) is 1.08. The van der Waals surface area contributed by atoms with Crippen LogP contribution in [0.4, 0.5) is 0 Å². The van der Waals surface area contributed by atoms with E-state index in [1.54, 1.807) is 13.8 Å². The fraction of sp³-hybridized carbons (Fsp3) is 0.500. The quantitative estimate of drug-likeness (QED) is 0.412. The second-order valence-electron chi connectivity index (χ2n) is 3.16. The molecule has 0 aromatic heterocycles. The van der Waals surface area contributed by atoms with Gasteiger partial charge in [0.05, 0.1) is 12.7 Å². The van der Waals surface area contributed by atoms with Crippen molar-refractivity contribution in [3.05, 3.63) is 11.8 Å². The van der Waals surface area contributed by atoms with E-state index >= 15 is 0 Å². The van der Waals surface area contributed by atoms with Crippen molar-refractivity contribution in [2.45, 2.75) is 13.8 Å². The van der Waals surface area contributed by atoms with Crippen molar-refractivity contribution in [2.24, 2.45) is 16.6 Å². The first-order chi connectivity index (χ1) is 6.99. The number of ether oxygens (including phenoxy) is 1. The molecule has 0 fully saturated rings. The van der Waals surface area contributed by atoms with Gasteiger partial charge in [0, 0.05) is 19.2 Å². The van der Waals surface area contributed by atoms with E-state index in [4.69, 9.17) is 5.73 Å². The second-order valence-corrected chi connectivity index (χ2v) is 3.16. The summed E-state index contributed by atoms with van der Waals surface area (Å²) in [6.45, 7) is 3.44. The Kier molecular flexibility index (Phi) is 5.30. The third-order valence-corrected chi connectivity index (χ3v) is 1.81. The highest BCUT2D eigenvalue weighted by Crippen LogP contribution is 2.08. The molecule has 5 heteroatoms. The Balaban J connectivity index is 5.15. The summed E-state index contributed by atoms with van der Waals surface area (Å²) in [5.74, 6) is -1.15. The fourth-order valence-electron chi connectivity index (χ4n) is 1.01. The molecule has 0 heterocycles. The lowest BCUT2D eigenvalue weighted by Gasteiger charge is -2.09. The summed E-state index contributed by atoms with van der Waals surface area (Å²) in [6, 6.07) is 0. The van der Waals surface area contributed by atoms with E-state index in [0.717, 1.165) is 6.20 Å². The summed E-state index contributed by atoms with van der Waals surface area (Å²) >= 11 is 0. The number of nitrogens with zero attached hydrogens (tertiary/aromatic N) is 1. The highest BCUT2D eigenvalue weighted by Gasteiger charge is 2.23. The van der Waals surface area contributed by atoms with Crippen molar-refractivity contribution in [3.63, 3.8) is 0 Å². The molecule has 0 atom stereocenters. The molecule has 0 unspecified atom stereocenters. The zero-order valence-corrected chi connectivity index (χ0v) is 9.40. The zero-order chi connectivity index (χ0) is 12.0. The van der Waals surface area contributed by atoms with E-state index in [1.165, 1.54) is 14.2 Å². The number of nitrogens with two attached hydrogens (primary N) is 1. The number of esters is 1. The van der Waals surface area contributed by atoms with Gasteiger partial charge in [-0.3, -0.25) is 9.79 Å². The molecule has 0 saturated heterocycles. The third-order valence-electron chi connectivity index (χ3n) is 1.81. The number of aliphatic imine (C=N–C) groups is 1. The molecule has 5 nitrogen and oxygen atoms in total. The first kappa shape index (κ1) is 13.4. The van der Waals surface area contributed by atoms with Gasteiger partial charge < -0.3 is 10.5 Å². The molecule has 0 rings (SSSR count). The molecule has 0 aliphatic carbocycles. The van der Waals surface area contributed by atoms with Crippen LogP contribution in [0.2, 0.25) is 0 Å². The normalized spacial score (nSPS) is 12.9. The number of ketones is 1. The van der Waals surface area contributed by atoms with E-state index in [9.17, 15) is 9.59 Å². The molecule has 0 aromatic carbocycles. The molecule has 2 N–H and O–H groups in total. The summed E-state index contributed by atoms with van der Waals surface area (Å²) in [5, 5.41) is 0. The predicted octanol–water partition coefficient (Wildman–Crippen LogP) is 0.298. The van der Waals surface area contributed by atoms with E-state index in [2.05, 4.69) is 9.73 Å². The SMILES string of the molecule is CN=C(C(=O)OC)/C(=C\N)C(=O)C(C)C. The molecule has 15 heavy (non-hydrogen) atoms. The monoisotopic (exact) mass is 212 g/mol. The van der Waals surface area contributed by atoms with Gasteiger partial charge in [-0.25, -0.2) is 4.79 Å². The largest absolute Gasteiger partial charge is 0.464 e. The molecule has 0 radical (unpaired) electrons. The smallest absolute Gasteiger partial charge is 0.357 e. The molecule has 84 valence electrons.